The van der Waals surface area contributed by atoms with Crippen LogP contribution in [0.5, 0.6) is 0 Å². The number of hydrogen-bond donors (Lipinski definition) is 2. The number of rotatable bonds is 9. The second kappa shape index (κ2) is 9.56. The summed E-state index contributed by atoms with van der Waals surface area (Å²) in [5, 5.41) is 8.08. The normalized spacial score (nSPS) is 12.2. The number of aromatic nitrogens is 1. The molecule has 6 nitrogen and oxygen atoms in total. The Kier molecular flexibility index (Phi) is 6.88. The highest BCUT2D eigenvalue weighted by molar-refractivity contribution is 6.09. The van der Waals surface area contributed by atoms with Crippen LogP contribution < -0.4 is 10.6 Å². The second-order valence-electron chi connectivity index (χ2n) is 7.40. The number of para-hydroxylation sites is 1. The molecular weight excluding hydrogens is 366 g/mol. The number of nitrogens with zero attached hydrogens (tertiary/aromatic N) is 1. The van der Waals surface area contributed by atoms with E-state index in [1.54, 1.807) is 7.11 Å². The highest BCUT2D eigenvalue weighted by Gasteiger charge is 2.15. The van der Waals surface area contributed by atoms with E-state index in [0.29, 0.717) is 26.0 Å². The maximum atomic E-state index is 12.5. The molecule has 0 aliphatic carbocycles. The van der Waals surface area contributed by atoms with E-state index in [-0.39, 0.29) is 17.7 Å². The fraction of sp³-hybridized carbons (Fsp3) is 0.391. The highest BCUT2D eigenvalue weighted by atomic mass is 16.5. The van der Waals surface area contributed by atoms with Gasteiger partial charge in [0.1, 0.15) is 0 Å². The second-order valence-corrected chi connectivity index (χ2v) is 7.40. The molecule has 2 aromatic carbocycles. The summed E-state index contributed by atoms with van der Waals surface area (Å²) in [6.45, 7) is 5.90. The first-order valence-corrected chi connectivity index (χ1v) is 10.1. The van der Waals surface area contributed by atoms with Gasteiger partial charge in [-0.25, -0.2) is 0 Å². The summed E-state index contributed by atoms with van der Waals surface area (Å²) in [5.74, 6) is -0.180. The summed E-state index contributed by atoms with van der Waals surface area (Å²) >= 11 is 0. The number of carbonyl (C=O) groups is 2. The predicted octanol–water partition coefficient (Wildman–Crippen LogP) is 3.93. The van der Waals surface area contributed by atoms with E-state index < -0.39 is 0 Å². The van der Waals surface area contributed by atoms with Gasteiger partial charge in [-0.15, -0.1) is 0 Å². The fourth-order valence-corrected chi connectivity index (χ4v) is 3.75. The molecule has 0 aliphatic heterocycles. The van der Waals surface area contributed by atoms with Gasteiger partial charge in [0.15, 0.2) is 0 Å². The average molecular weight is 396 g/mol. The molecule has 0 bridgehead atoms. The van der Waals surface area contributed by atoms with Crippen LogP contribution >= 0.6 is 0 Å². The third-order valence-corrected chi connectivity index (χ3v) is 5.07. The minimum absolute atomic E-state index is 0.0386. The van der Waals surface area contributed by atoms with Crippen LogP contribution in [-0.2, 0) is 20.9 Å². The Balaban J connectivity index is 1.66. The third-order valence-electron chi connectivity index (χ3n) is 5.07. The van der Waals surface area contributed by atoms with Crippen LogP contribution in [0.1, 0.15) is 26.7 Å². The molecule has 1 atom stereocenters. The molecule has 0 unspecified atom stereocenters. The SMILES string of the molecule is CCn1c2ccccc2c2cc(NC(=O)C[C@@H](C)CC(=O)NCCOC)ccc21. The van der Waals surface area contributed by atoms with Crippen molar-refractivity contribution in [3.63, 3.8) is 0 Å². The summed E-state index contributed by atoms with van der Waals surface area (Å²) in [5.41, 5.74) is 3.13. The summed E-state index contributed by atoms with van der Waals surface area (Å²) in [6, 6.07) is 14.3. The summed E-state index contributed by atoms with van der Waals surface area (Å²) in [7, 11) is 1.59. The Labute approximate surface area is 171 Å². The molecular formula is C23H29N3O3. The minimum Gasteiger partial charge on any atom is -0.383 e. The van der Waals surface area contributed by atoms with Gasteiger partial charge in [-0.1, -0.05) is 25.1 Å². The van der Waals surface area contributed by atoms with Crippen LogP contribution in [-0.4, -0.2) is 36.6 Å². The minimum atomic E-state index is -0.0826. The van der Waals surface area contributed by atoms with E-state index in [4.69, 9.17) is 4.74 Å². The topological polar surface area (TPSA) is 72.4 Å². The number of anilines is 1. The van der Waals surface area contributed by atoms with Gasteiger partial charge in [-0.2, -0.15) is 0 Å². The molecule has 1 aromatic heterocycles. The molecule has 1 heterocycles. The van der Waals surface area contributed by atoms with Crippen molar-refractivity contribution in [3.8, 4) is 0 Å². The van der Waals surface area contributed by atoms with Crippen molar-refractivity contribution in [1.82, 2.24) is 9.88 Å². The Bertz CT molecular complexity index is 1010. The van der Waals surface area contributed by atoms with E-state index in [1.165, 1.54) is 10.9 Å². The number of hydrogen-bond acceptors (Lipinski definition) is 3. The van der Waals surface area contributed by atoms with Crippen LogP contribution in [0.15, 0.2) is 42.5 Å². The lowest BCUT2D eigenvalue weighted by atomic mass is 10.0. The molecule has 0 saturated heterocycles. The van der Waals surface area contributed by atoms with Gasteiger partial charge in [-0.05, 0) is 37.1 Å². The first-order valence-electron chi connectivity index (χ1n) is 10.1. The molecule has 154 valence electrons. The largest absolute Gasteiger partial charge is 0.383 e. The van der Waals surface area contributed by atoms with E-state index in [2.05, 4.69) is 40.3 Å². The number of fused-ring (bicyclic) bond motifs is 3. The van der Waals surface area contributed by atoms with Gasteiger partial charge in [0.25, 0.3) is 0 Å². The molecule has 2 amide bonds. The molecule has 0 saturated carbocycles. The van der Waals surface area contributed by atoms with E-state index >= 15 is 0 Å². The van der Waals surface area contributed by atoms with E-state index in [9.17, 15) is 9.59 Å². The lowest BCUT2D eigenvalue weighted by Crippen LogP contribution is -2.29. The number of carbonyl (C=O) groups excluding carboxylic acids is 2. The van der Waals surface area contributed by atoms with Gasteiger partial charge in [0.05, 0.1) is 6.61 Å². The first-order chi connectivity index (χ1) is 14.0. The predicted molar refractivity (Wildman–Crippen MR) is 117 cm³/mol. The Hall–Kier alpha value is -2.86. The molecule has 3 aromatic rings. The highest BCUT2D eigenvalue weighted by Crippen LogP contribution is 2.31. The third kappa shape index (κ3) is 4.95. The molecule has 0 radical (unpaired) electrons. The summed E-state index contributed by atoms with van der Waals surface area (Å²) in [6.07, 6.45) is 0.618. The average Bonchev–Trinajstić information content (AvgIpc) is 3.01. The van der Waals surface area contributed by atoms with Crippen molar-refractivity contribution >= 4 is 39.3 Å². The van der Waals surface area contributed by atoms with Gasteiger partial charge >= 0.3 is 0 Å². The van der Waals surface area contributed by atoms with Crippen molar-refractivity contribution in [2.75, 3.05) is 25.6 Å². The lowest BCUT2D eigenvalue weighted by Gasteiger charge is -2.12. The fourth-order valence-electron chi connectivity index (χ4n) is 3.75. The Morgan fingerprint density at radius 3 is 2.52 bits per heavy atom. The molecule has 2 N–H and O–H groups in total. The van der Waals surface area contributed by atoms with Crippen molar-refractivity contribution < 1.29 is 14.3 Å². The number of amides is 2. The molecule has 0 fully saturated rings. The molecule has 0 aliphatic rings. The van der Waals surface area contributed by atoms with Crippen LogP contribution in [0, 0.1) is 5.92 Å². The van der Waals surface area contributed by atoms with Crippen molar-refractivity contribution in [2.24, 2.45) is 5.92 Å². The van der Waals surface area contributed by atoms with Gasteiger partial charge in [0, 0.05) is 60.5 Å². The maximum absolute atomic E-state index is 12.5. The van der Waals surface area contributed by atoms with E-state index in [0.717, 1.165) is 23.1 Å². The molecule has 0 spiro atoms. The van der Waals surface area contributed by atoms with Gasteiger partial charge in [0.2, 0.25) is 11.8 Å². The van der Waals surface area contributed by atoms with Crippen molar-refractivity contribution in [3.05, 3.63) is 42.5 Å². The zero-order chi connectivity index (χ0) is 20.8. The molecule has 3 rings (SSSR count). The number of methoxy groups -OCH3 is 1. The summed E-state index contributed by atoms with van der Waals surface area (Å²) in [4.78, 5) is 24.3. The van der Waals surface area contributed by atoms with Crippen LogP contribution in [0.4, 0.5) is 5.69 Å². The van der Waals surface area contributed by atoms with Crippen LogP contribution in [0.3, 0.4) is 0 Å². The number of nitrogens with one attached hydrogen (secondary N) is 2. The maximum Gasteiger partial charge on any atom is 0.224 e. The molecule has 29 heavy (non-hydrogen) atoms. The zero-order valence-corrected chi connectivity index (χ0v) is 17.3. The summed E-state index contributed by atoms with van der Waals surface area (Å²) < 4.78 is 7.19. The monoisotopic (exact) mass is 395 g/mol. The van der Waals surface area contributed by atoms with Crippen LogP contribution in [0.2, 0.25) is 0 Å². The smallest absolute Gasteiger partial charge is 0.224 e. The van der Waals surface area contributed by atoms with Crippen molar-refractivity contribution in [2.45, 2.75) is 33.2 Å². The zero-order valence-electron chi connectivity index (χ0n) is 17.3. The standard InChI is InChI=1S/C23H29N3O3/c1-4-26-20-8-6-5-7-18(20)19-15-17(9-10-21(19)26)25-23(28)14-16(2)13-22(27)24-11-12-29-3/h5-10,15-16H,4,11-14H2,1-3H3,(H,24,27)(H,25,28)/t16-/m0/s1. The van der Waals surface area contributed by atoms with Crippen molar-refractivity contribution in [1.29, 1.82) is 0 Å². The Morgan fingerprint density at radius 2 is 1.76 bits per heavy atom. The number of benzene rings is 2. The number of ether oxygens (including phenoxy) is 1. The van der Waals surface area contributed by atoms with Gasteiger partial charge in [-0.3, -0.25) is 9.59 Å². The molecule has 6 heteroatoms. The Morgan fingerprint density at radius 1 is 1.03 bits per heavy atom. The van der Waals surface area contributed by atoms with Gasteiger partial charge < -0.3 is 19.9 Å². The van der Waals surface area contributed by atoms with E-state index in [1.807, 2.05) is 31.2 Å². The van der Waals surface area contributed by atoms with Crippen LogP contribution in [0.25, 0.3) is 21.8 Å². The first kappa shape index (κ1) is 20.9. The lowest BCUT2D eigenvalue weighted by molar-refractivity contribution is -0.122. The quantitative estimate of drug-likeness (QED) is 0.539. The number of aryl methyl sites for hydroxylation is 1.